The second kappa shape index (κ2) is 10.4. The van der Waals surface area contributed by atoms with Gasteiger partial charge in [-0.05, 0) is 35.8 Å². The number of ether oxygens (including phenoxy) is 1. The molecular formula is C28H39N3O. The highest BCUT2D eigenvalue weighted by Gasteiger charge is 2.28. The summed E-state index contributed by atoms with van der Waals surface area (Å²) in [6.45, 7) is 15.6. The largest absolute Gasteiger partial charge is 0.376 e. The Morgan fingerprint density at radius 1 is 0.844 bits per heavy atom. The Bertz CT molecular complexity index is 989. The molecule has 1 aromatic heterocycles. The van der Waals surface area contributed by atoms with Gasteiger partial charge in [0.1, 0.15) is 0 Å². The second-order valence-electron chi connectivity index (χ2n) is 10.1. The van der Waals surface area contributed by atoms with Crippen LogP contribution in [0.5, 0.6) is 0 Å². The molecule has 3 rings (SSSR count). The zero-order valence-electron chi connectivity index (χ0n) is 20.7. The van der Waals surface area contributed by atoms with Crippen LogP contribution in [0.25, 0.3) is 11.3 Å². The fourth-order valence-electron chi connectivity index (χ4n) is 3.68. The van der Waals surface area contributed by atoms with Gasteiger partial charge in [0.2, 0.25) is 0 Å². The fourth-order valence-corrected chi connectivity index (χ4v) is 3.68. The summed E-state index contributed by atoms with van der Waals surface area (Å²) < 4.78 is 8.17. The lowest BCUT2D eigenvalue weighted by Crippen LogP contribution is -2.18. The molecule has 0 N–H and O–H groups in total. The van der Waals surface area contributed by atoms with E-state index < -0.39 is 0 Å². The molecule has 0 bridgehead atoms. The molecule has 0 radical (unpaired) electrons. The molecule has 0 unspecified atom stereocenters. The van der Waals surface area contributed by atoms with Gasteiger partial charge < -0.3 is 4.74 Å². The molecule has 0 saturated carbocycles. The van der Waals surface area contributed by atoms with Crippen LogP contribution >= 0.6 is 0 Å². The zero-order chi connectivity index (χ0) is 23.2. The first-order valence-electron chi connectivity index (χ1n) is 11.9. The SMILES string of the molecule is CCC(C)(C)COCc1ccccc1CCn1nnc(C(C)(C)CC)c1-c1ccccc1. The minimum absolute atomic E-state index is 0.0265. The highest BCUT2D eigenvalue weighted by Crippen LogP contribution is 2.33. The molecule has 0 fully saturated rings. The Kier molecular flexibility index (Phi) is 7.89. The molecule has 0 spiro atoms. The minimum Gasteiger partial charge on any atom is -0.376 e. The van der Waals surface area contributed by atoms with Crippen molar-refractivity contribution in [3.05, 3.63) is 71.4 Å². The van der Waals surface area contributed by atoms with Gasteiger partial charge in [0.25, 0.3) is 0 Å². The Morgan fingerprint density at radius 2 is 1.50 bits per heavy atom. The van der Waals surface area contributed by atoms with Crippen LogP contribution in [-0.4, -0.2) is 21.6 Å². The topological polar surface area (TPSA) is 39.9 Å². The third kappa shape index (κ3) is 5.86. The summed E-state index contributed by atoms with van der Waals surface area (Å²) in [4.78, 5) is 0. The minimum atomic E-state index is -0.0265. The molecule has 0 atom stereocenters. The van der Waals surface area contributed by atoms with Gasteiger partial charge in [0.05, 0.1) is 24.6 Å². The van der Waals surface area contributed by atoms with Crippen molar-refractivity contribution in [2.75, 3.05) is 6.61 Å². The molecule has 0 aliphatic heterocycles. The number of nitrogens with zero attached hydrogens (tertiary/aromatic N) is 3. The number of hydrogen-bond acceptors (Lipinski definition) is 3. The second-order valence-corrected chi connectivity index (χ2v) is 10.1. The average molecular weight is 434 g/mol. The molecule has 4 nitrogen and oxygen atoms in total. The first-order chi connectivity index (χ1) is 15.3. The summed E-state index contributed by atoms with van der Waals surface area (Å²) in [5.41, 5.74) is 6.14. The third-order valence-corrected chi connectivity index (χ3v) is 6.73. The normalized spacial score (nSPS) is 12.3. The molecule has 4 heteroatoms. The van der Waals surface area contributed by atoms with E-state index in [1.165, 1.54) is 16.7 Å². The standard InChI is InChI=1S/C28H39N3O/c1-7-27(3,4)21-32-20-24-17-13-12-14-22(24)18-19-31-25(23-15-10-9-11-16-23)26(29-30-31)28(5,6)8-2/h9-17H,7-8,18-21H2,1-6H3. The van der Waals surface area contributed by atoms with E-state index in [1.54, 1.807) is 0 Å². The smallest absolute Gasteiger partial charge is 0.0962 e. The number of aryl methyl sites for hydroxylation is 2. The summed E-state index contributed by atoms with van der Waals surface area (Å²) >= 11 is 0. The van der Waals surface area contributed by atoms with Crippen LogP contribution < -0.4 is 0 Å². The average Bonchev–Trinajstić information content (AvgIpc) is 3.24. The van der Waals surface area contributed by atoms with E-state index >= 15 is 0 Å². The van der Waals surface area contributed by atoms with Gasteiger partial charge in [-0.1, -0.05) is 101 Å². The number of benzene rings is 2. The summed E-state index contributed by atoms with van der Waals surface area (Å²) in [7, 11) is 0. The van der Waals surface area contributed by atoms with Crippen molar-refractivity contribution in [2.45, 2.75) is 79.4 Å². The molecule has 0 aliphatic rings. The number of rotatable bonds is 11. The van der Waals surface area contributed by atoms with Crippen molar-refractivity contribution < 1.29 is 4.74 Å². The maximum absolute atomic E-state index is 6.09. The quantitative estimate of drug-likeness (QED) is 0.333. The molecule has 172 valence electrons. The molecule has 1 heterocycles. The highest BCUT2D eigenvalue weighted by molar-refractivity contribution is 5.63. The highest BCUT2D eigenvalue weighted by atomic mass is 16.5. The summed E-state index contributed by atoms with van der Waals surface area (Å²) in [6, 6.07) is 19.1. The van der Waals surface area contributed by atoms with Crippen molar-refractivity contribution in [1.29, 1.82) is 0 Å². The number of hydrogen-bond donors (Lipinski definition) is 0. The summed E-state index contributed by atoms with van der Waals surface area (Å²) in [5.74, 6) is 0. The van der Waals surface area contributed by atoms with E-state index in [9.17, 15) is 0 Å². The Hall–Kier alpha value is -2.46. The first-order valence-corrected chi connectivity index (χ1v) is 11.9. The molecule has 0 aliphatic carbocycles. The maximum atomic E-state index is 6.09. The van der Waals surface area contributed by atoms with E-state index in [2.05, 4.69) is 111 Å². The Morgan fingerprint density at radius 3 is 2.16 bits per heavy atom. The molecule has 0 amide bonds. The predicted octanol–water partition coefficient (Wildman–Crippen LogP) is 6.83. The van der Waals surface area contributed by atoms with Crippen LogP contribution in [0.3, 0.4) is 0 Å². The Balaban J connectivity index is 1.81. The zero-order valence-corrected chi connectivity index (χ0v) is 20.7. The van der Waals surface area contributed by atoms with Gasteiger partial charge in [0.15, 0.2) is 0 Å². The first kappa shape index (κ1) is 24.2. The summed E-state index contributed by atoms with van der Waals surface area (Å²) in [5, 5.41) is 9.24. The lowest BCUT2D eigenvalue weighted by atomic mass is 9.84. The van der Waals surface area contributed by atoms with Crippen LogP contribution in [0.2, 0.25) is 0 Å². The number of aromatic nitrogens is 3. The molecule has 3 aromatic rings. The molecular weight excluding hydrogens is 394 g/mol. The third-order valence-electron chi connectivity index (χ3n) is 6.73. The van der Waals surface area contributed by atoms with E-state index in [1.807, 2.05) is 0 Å². The van der Waals surface area contributed by atoms with Crippen LogP contribution in [0.1, 0.15) is 71.2 Å². The van der Waals surface area contributed by atoms with Crippen LogP contribution in [0, 0.1) is 5.41 Å². The van der Waals surface area contributed by atoms with Gasteiger partial charge in [0, 0.05) is 17.5 Å². The van der Waals surface area contributed by atoms with Crippen molar-refractivity contribution >= 4 is 0 Å². The summed E-state index contributed by atoms with van der Waals surface area (Å²) in [6.07, 6.45) is 3.02. The van der Waals surface area contributed by atoms with Crippen molar-refractivity contribution in [3.8, 4) is 11.3 Å². The van der Waals surface area contributed by atoms with E-state index in [4.69, 9.17) is 4.74 Å². The van der Waals surface area contributed by atoms with Gasteiger partial charge in [-0.15, -0.1) is 5.10 Å². The van der Waals surface area contributed by atoms with Gasteiger partial charge in [-0.3, -0.25) is 0 Å². The van der Waals surface area contributed by atoms with Gasteiger partial charge >= 0.3 is 0 Å². The van der Waals surface area contributed by atoms with Gasteiger partial charge in [-0.25, -0.2) is 4.68 Å². The van der Waals surface area contributed by atoms with Crippen molar-refractivity contribution in [1.82, 2.24) is 15.0 Å². The van der Waals surface area contributed by atoms with Crippen molar-refractivity contribution in [3.63, 3.8) is 0 Å². The van der Waals surface area contributed by atoms with Crippen LogP contribution in [-0.2, 0) is 29.7 Å². The van der Waals surface area contributed by atoms with Crippen LogP contribution in [0.15, 0.2) is 54.6 Å². The monoisotopic (exact) mass is 433 g/mol. The van der Waals surface area contributed by atoms with E-state index in [0.717, 1.165) is 43.8 Å². The fraction of sp³-hybridized carbons (Fsp3) is 0.500. The van der Waals surface area contributed by atoms with Gasteiger partial charge in [-0.2, -0.15) is 0 Å². The maximum Gasteiger partial charge on any atom is 0.0962 e. The lowest BCUT2D eigenvalue weighted by molar-refractivity contribution is 0.0491. The Labute approximate surface area is 194 Å². The van der Waals surface area contributed by atoms with E-state index in [0.29, 0.717) is 6.61 Å². The van der Waals surface area contributed by atoms with E-state index in [-0.39, 0.29) is 10.8 Å². The van der Waals surface area contributed by atoms with Crippen molar-refractivity contribution in [2.24, 2.45) is 5.41 Å². The molecule has 32 heavy (non-hydrogen) atoms. The van der Waals surface area contributed by atoms with Crippen LogP contribution in [0.4, 0.5) is 0 Å². The molecule has 0 saturated heterocycles. The predicted molar refractivity (Wildman–Crippen MR) is 133 cm³/mol. The molecule has 2 aromatic carbocycles. The lowest BCUT2D eigenvalue weighted by Gasteiger charge is -2.23.